The largest absolute Gasteiger partial charge is 0.381 e. The van der Waals surface area contributed by atoms with E-state index in [1.54, 1.807) is 7.11 Å². The number of nitrogens with zero attached hydrogens (tertiary/aromatic N) is 3. The summed E-state index contributed by atoms with van der Waals surface area (Å²) in [5, 5.41) is 9.59. The summed E-state index contributed by atoms with van der Waals surface area (Å²) in [5.41, 5.74) is 7.26. The van der Waals surface area contributed by atoms with Gasteiger partial charge in [-0.05, 0) is 61.3 Å². The third kappa shape index (κ3) is 3.06. The quantitative estimate of drug-likeness (QED) is 0.754. The molecule has 1 saturated heterocycles. The van der Waals surface area contributed by atoms with Gasteiger partial charge in [-0.15, -0.1) is 0 Å². The molecule has 5 rings (SSSR count). The molecule has 2 aliphatic carbocycles. The number of guanidine groups is 1. The summed E-state index contributed by atoms with van der Waals surface area (Å²) in [7, 11) is 1.76. The van der Waals surface area contributed by atoms with Gasteiger partial charge in [0.05, 0.1) is 37.5 Å². The van der Waals surface area contributed by atoms with Crippen molar-refractivity contribution in [2.75, 3.05) is 26.9 Å². The molecule has 5 atom stereocenters. The van der Waals surface area contributed by atoms with E-state index in [-0.39, 0.29) is 36.4 Å². The van der Waals surface area contributed by atoms with E-state index in [1.165, 1.54) is 4.90 Å². The Morgan fingerprint density at radius 2 is 1.94 bits per heavy atom. The van der Waals surface area contributed by atoms with Gasteiger partial charge in [0.1, 0.15) is 0 Å². The van der Waals surface area contributed by atoms with Crippen LogP contribution in [0.5, 0.6) is 0 Å². The van der Waals surface area contributed by atoms with Gasteiger partial charge in [-0.1, -0.05) is 19.9 Å². The number of benzene rings is 1. The Hall–Kier alpha value is -2.47. The van der Waals surface area contributed by atoms with Crippen molar-refractivity contribution in [3.8, 4) is 6.07 Å². The average molecular weight is 453 g/mol. The number of hydrogen-bond donors (Lipinski definition) is 1. The van der Waals surface area contributed by atoms with Gasteiger partial charge in [-0.25, -0.2) is 4.99 Å². The Balaban J connectivity index is 1.64. The minimum absolute atomic E-state index is 0.124. The maximum Gasteiger partial charge on any atom is 0.262 e. The second-order valence-electron chi connectivity index (χ2n) is 10.4. The van der Waals surface area contributed by atoms with E-state index >= 15 is 0 Å². The molecule has 0 aromatic heterocycles. The highest BCUT2D eigenvalue weighted by atomic mass is 16.7. The number of nitrogens with two attached hydrogens (primary N) is 1. The second kappa shape index (κ2) is 7.52. The second-order valence-corrected chi connectivity index (χ2v) is 10.4. The first-order valence-electron chi connectivity index (χ1n) is 11.7. The molecular formula is C25H32N4O4. The lowest BCUT2D eigenvalue weighted by molar-refractivity contribution is -0.164. The lowest BCUT2D eigenvalue weighted by Gasteiger charge is -2.50. The van der Waals surface area contributed by atoms with Gasteiger partial charge in [0, 0.05) is 12.5 Å². The monoisotopic (exact) mass is 452 g/mol. The molecule has 33 heavy (non-hydrogen) atoms. The van der Waals surface area contributed by atoms with Gasteiger partial charge in [0.25, 0.3) is 5.91 Å². The molecule has 1 amide bonds. The van der Waals surface area contributed by atoms with Gasteiger partial charge in [-0.2, -0.15) is 5.26 Å². The number of rotatable bonds is 3. The lowest BCUT2D eigenvalue weighted by Crippen LogP contribution is -2.57. The van der Waals surface area contributed by atoms with E-state index in [4.69, 9.17) is 24.9 Å². The Morgan fingerprint density at radius 1 is 1.27 bits per heavy atom. The molecular weight excluding hydrogens is 420 g/mol. The fraction of sp³-hybridized carbons (Fsp3) is 0.640. The van der Waals surface area contributed by atoms with E-state index in [1.807, 2.05) is 25.1 Å². The molecule has 0 unspecified atom stereocenters. The summed E-state index contributed by atoms with van der Waals surface area (Å²) >= 11 is 0. The fourth-order valence-corrected chi connectivity index (χ4v) is 7.12. The highest BCUT2D eigenvalue weighted by Gasteiger charge is 2.68. The molecule has 2 heterocycles. The minimum Gasteiger partial charge on any atom is -0.381 e. The topological polar surface area (TPSA) is 110 Å². The maximum atomic E-state index is 14.4. The van der Waals surface area contributed by atoms with Crippen molar-refractivity contribution in [2.24, 2.45) is 28.0 Å². The van der Waals surface area contributed by atoms with Gasteiger partial charge in [0.2, 0.25) is 0 Å². The molecule has 4 aliphatic rings. The van der Waals surface area contributed by atoms with Crippen LogP contribution in [0, 0.1) is 28.6 Å². The first-order valence-corrected chi connectivity index (χ1v) is 11.7. The van der Waals surface area contributed by atoms with Crippen molar-refractivity contribution in [1.82, 2.24) is 4.90 Å². The van der Waals surface area contributed by atoms with Crippen LogP contribution in [0.2, 0.25) is 0 Å². The maximum absolute atomic E-state index is 14.4. The van der Waals surface area contributed by atoms with Crippen molar-refractivity contribution in [3.63, 3.8) is 0 Å². The van der Waals surface area contributed by atoms with Crippen LogP contribution in [0.1, 0.15) is 50.3 Å². The summed E-state index contributed by atoms with van der Waals surface area (Å²) in [4.78, 5) is 20.9. The zero-order valence-electron chi connectivity index (χ0n) is 19.8. The van der Waals surface area contributed by atoms with Crippen LogP contribution in [0.25, 0.3) is 0 Å². The molecule has 0 radical (unpaired) electrons. The Morgan fingerprint density at radius 3 is 2.55 bits per heavy atom. The standard InChI is InChI=1S/C25H32N4O4/c1-15-10-24(11-16(2)20(15)31-4)12-18-6-5-17(13-26)9-19(18)25(24)21(30)29(22(27)28-25)14-23(3)32-7-8-33-23/h5-6,9,15-16,20H,7-8,10-12,14H2,1-4H3,(H2,27,28)/t15-,16+,20+,24+,25-/m1/s1. The molecule has 8 nitrogen and oxygen atoms in total. The molecule has 176 valence electrons. The summed E-state index contributed by atoms with van der Waals surface area (Å²) in [6, 6.07) is 7.87. The van der Waals surface area contributed by atoms with E-state index in [0.29, 0.717) is 18.8 Å². The predicted molar refractivity (Wildman–Crippen MR) is 121 cm³/mol. The van der Waals surface area contributed by atoms with Crippen molar-refractivity contribution in [1.29, 1.82) is 5.26 Å². The molecule has 0 bridgehead atoms. The van der Waals surface area contributed by atoms with Crippen LogP contribution < -0.4 is 5.73 Å². The van der Waals surface area contributed by atoms with Gasteiger partial charge in [-0.3, -0.25) is 9.69 Å². The van der Waals surface area contributed by atoms with Crippen molar-refractivity contribution in [3.05, 3.63) is 34.9 Å². The molecule has 2 spiro atoms. The summed E-state index contributed by atoms with van der Waals surface area (Å²) in [6.07, 6.45) is 2.42. The first kappa shape index (κ1) is 22.3. The predicted octanol–water partition coefficient (Wildman–Crippen LogP) is 2.30. The lowest BCUT2D eigenvalue weighted by atomic mass is 9.56. The number of amides is 1. The number of hydrogen-bond acceptors (Lipinski definition) is 7. The number of carbonyl (C=O) groups excluding carboxylic acids is 1. The SMILES string of the molecule is CO[C@H]1[C@H](C)C[C@@]2(Cc3ccc(C#N)cc3[C@]23N=C(N)N(CC2(C)OCCO2)C3=O)C[C@@H]1C. The smallest absolute Gasteiger partial charge is 0.262 e. The summed E-state index contributed by atoms with van der Waals surface area (Å²) in [6.45, 7) is 7.34. The van der Waals surface area contributed by atoms with Crippen molar-refractivity contribution in [2.45, 2.75) is 57.5 Å². The molecule has 2 fully saturated rings. The highest BCUT2D eigenvalue weighted by molar-refractivity contribution is 6.08. The molecule has 1 aromatic carbocycles. The number of ether oxygens (including phenoxy) is 3. The number of methoxy groups -OCH3 is 1. The van der Waals surface area contributed by atoms with Crippen LogP contribution in [0.4, 0.5) is 0 Å². The van der Waals surface area contributed by atoms with Crippen LogP contribution in [-0.2, 0) is 31.0 Å². The number of fused-ring (bicyclic) bond motifs is 3. The van der Waals surface area contributed by atoms with Gasteiger partial charge < -0.3 is 19.9 Å². The van der Waals surface area contributed by atoms with Crippen molar-refractivity contribution < 1.29 is 19.0 Å². The average Bonchev–Trinajstić information content (AvgIpc) is 3.38. The first-order chi connectivity index (χ1) is 15.7. The van der Waals surface area contributed by atoms with Crippen LogP contribution in [0.15, 0.2) is 23.2 Å². The minimum atomic E-state index is -1.16. The molecule has 8 heteroatoms. The van der Waals surface area contributed by atoms with Crippen LogP contribution in [0.3, 0.4) is 0 Å². The summed E-state index contributed by atoms with van der Waals surface area (Å²) in [5.74, 6) is -0.387. The van der Waals surface area contributed by atoms with E-state index in [0.717, 1.165) is 30.4 Å². The molecule has 1 aromatic rings. The van der Waals surface area contributed by atoms with E-state index in [2.05, 4.69) is 19.9 Å². The third-order valence-electron chi connectivity index (χ3n) is 8.20. The fourth-order valence-electron chi connectivity index (χ4n) is 7.12. The van der Waals surface area contributed by atoms with Crippen LogP contribution >= 0.6 is 0 Å². The molecule has 2 aliphatic heterocycles. The van der Waals surface area contributed by atoms with E-state index < -0.39 is 16.7 Å². The van der Waals surface area contributed by atoms with Gasteiger partial charge >= 0.3 is 0 Å². The van der Waals surface area contributed by atoms with Crippen molar-refractivity contribution >= 4 is 11.9 Å². The molecule has 2 N–H and O–H groups in total. The Labute approximate surface area is 194 Å². The molecule has 1 saturated carbocycles. The zero-order valence-corrected chi connectivity index (χ0v) is 19.8. The van der Waals surface area contributed by atoms with Crippen LogP contribution in [-0.4, -0.2) is 55.5 Å². The van der Waals surface area contributed by atoms with E-state index in [9.17, 15) is 10.1 Å². The number of carbonyl (C=O) groups is 1. The number of aliphatic imine (C=N–C) groups is 1. The Bertz CT molecular complexity index is 1040. The third-order valence-corrected chi connectivity index (χ3v) is 8.20. The van der Waals surface area contributed by atoms with Gasteiger partial charge in [0.15, 0.2) is 17.3 Å². The zero-order chi connectivity index (χ0) is 23.6. The summed E-state index contributed by atoms with van der Waals surface area (Å²) < 4.78 is 17.4. The Kier molecular flexibility index (Phi) is 5.09. The normalized spacial score (nSPS) is 36.9. The number of nitriles is 1. The highest BCUT2D eigenvalue weighted by Crippen LogP contribution is 2.63.